The van der Waals surface area contributed by atoms with E-state index in [9.17, 15) is 4.79 Å². The molecule has 1 N–H and O–H groups in total. The lowest BCUT2D eigenvalue weighted by molar-refractivity contribution is -0.132. The zero-order valence-electron chi connectivity index (χ0n) is 9.60. The van der Waals surface area contributed by atoms with E-state index in [0.29, 0.717) is 18.6 Å². The van der Waals surface area contributed by atoms with Gasteiger partial charge in [-0.05, 0) is 24.0 Å². The zero-order chi connectivity index (χ0) is 12.0. The molecule has 88 valence electrons. The summed E-state index contributed by atoms with van der Waals surface area (Å²) in [7, 11) is 0. The van der Waals surface area contributed by atoms with Crippen molar-refractivity contribution < 1.29 is 9.90 Å². The van der Waals surface area contributed by atoms with Crippen LogP contribution < -0.4 is 0 Å². The lowest BCUT2D eigenvalue weighted by atomic mass is 9.92. The van der Waals surface area contributed by atoms with E-state index in [4.69, 9.17) is 5.11 Å². The van der Waals surface area contributed by atoms with Crippen LogP contribution in [0.5, 0.6) is 0 Å². The second-order valence-corrected chi connectivity index (χ2v) is 4.82. The smallest absolute Gasteiger partial charge is 0.332 e. The minimum absolute atomic E-state index is 0.287. The van der Waals surface area contributed by atoms with E-state index < -0.39 is 5.97 Å². The number of hydrogen-bond donors (Lipinski definition) is 1. The molecule has 2 bridgehead atoms. The van der Waals surface area contributed by atoms with E-state index in [1.807, 2.05) is 0 Å². The molecular formula is C14H15NO2. The Bertz CT molecular complexity index is 464. The number of carboxylic acid groups (broad SMARTS) is 1. The maximum Gasteiger partial charge on any atom is 0.332 e. The van der Waals surface area contributed by atoms with Crippen molar-refractivity contribution in [3.8, 4) is 0 Å². The van der Waals surface area contributed by atoms with Crippen molar-refractivity contribution in [1.29, 1.82) is 0 Å². The first kappa shape index (κ1) is 10.5. The predicted molar refractivity (Wildman–Crippen MR) is 64.6 cm³/mol. The van der Waals surface area contributed by atoms with Crippen LogP contribution in [-0.2, 0) is 4.79 Å². The molecule has 0 spiro atoms. The molecule has 3 nitrogen and oxygen atoms in total. The Balaban J connectivity index is 1.88. The summed E-state index contributed by atoms with van der Waals surface area (Å²) in [5.74, 6) is -0.889. The molecule has 1 aromatic carbocycles. The van der Waals surface area contributed by atoms with Crippen molar-refractivity contribution in [3.63, 3.8) is 0 Å². The fourth-order valence-electron chi connectivity index (χ4n) is 3.16. The van der Waals surface area contributed by atoms with Crippen molar-refractivity contribution in [3.05, 3.63) is 47.5 Å². The summed E-state index contributed by atoms with van der Waals surface area (Å²) in [4.78, 5) is 13.1. The maximum atomic E-state index is 10.9. The fraction of sp³-hybridized carbons (Fsp3) is 0.357. The first-order valence-electron chi connectivity index (χ1n) is 5.94. The van der Waals surface area contributed by atoms with Crippen molar-refractivity contribution in [2.75, 3.05) is 6.54 Å². The Morgan fingerprint density at radius 3 is 2.29 bits per heavy atom. The number of rotatable bonds is 3. The highest BCUT2D eigenvalue weighted by atomic mass is 16.4. The largest absolute Gasteiger partial charge is 0.478 e. The van der Waals surface area contributed by atoms with Crippen molar-refractivity contribution >= 4 is 5.97 Å². The van der Waals surface area contributed by atoms with Gasteiger partial charge in [0, 0.05) is 24.2 Å². The first-order valence-corrected chi connectivity index (χ1v) is 5.94. The Morgan fingerprint density at radius 1 is 1.29 bits per heavy atom. The Hall–Kier alpha value is -1.61. The van der Waals surface area contributed by atoms with Gasteiger partial charge in [-0.1, -0.05) is 30.8 Å². The van der Waals surface area contributed by atoms with E-state index in [1.54, 1.807) is 0 Å². The number of nitrogens with zero attached hydrogens (tertiary/aromatic N) is 1. The first-order chi connectivity index (χ1) is 8.18. The van der Waals surface area contributed by atoms with Crippen LogP contribution in [-0.4, -0.2) is 22.5 Å². The SMILES string of the molecule is C=C(CN1C2CCC1c1ccccc12)C(=O)O. The monoisotopic (exact) mass is 229 g/mol. The van der Waals surface area contributed by atoms with Crippen LogP contribution in [0.3, 0.4) is 0 Å². The van der Waals surface area contributed by atoms with Gasteiger partial charge in [0.05, 0.1) is 0 Å². The normalized spacial score (nSPS) is 25.9. The van der Waals surface area contributed by atoms with Crippen LogP contribution in [0.1, 0.15) is 36.1 Å². The zero-order valence-corrected chi connectivity index (χ0v) is 9.60. The van der Waals surface area contributed by atoms with Crippen LogP contribution in [0.15, 0.2) is 36.4 Å². The average molecular weight is 229 g/mol. The Labute approximate surface area is 100 Å². The second-order valence-electron chi connectivity index (χ2n) is 4.82. The number of hydrogen-bond acceptors (Lipinski definition) is 2. The second kappa shape index (κ2) is 3.70. The highest BCUT2D eigenvalue weighted by Crippen LogP contribution is 2.52. The Morgan fingerprint density at radius 2 is 1.82 bits per heavy atom. The Kier molecular flexibility index (Phi) is 2.30. The maximum absolute atomic E-state index is 10.9. The van der Waals surface area contributed by atoms with E-state index in [1.165, 1.54) is 11.1 Å². The van der Waals surface area contributed by atoms with Gasteiger partial charge in [0.1, 0.15) is 0 Å². The molecule has 3 heteroatoms. The van der Waals surface area contributed by atoms with Crippen molar-refractivity contribution in [2.24, 2.45) is 0 Å². The number of benzene rings is 1. The number of carbonyl (C=O) groups is 1. The summed E-state index contributed by atoms with van der Waals surface area (Å²) in [6.07, 6.45) is 2.27. The summed E-state index contributed by atoms with van der Waals surface area (Å²) in [5.41, 5.74) is 3.04. The summed E-state index contributed by atoms with van der Waals surface area (Å²) in [6, 6.07) is 9.23. The molecule has 17 heavy (non-hydrogen) atoms. The van der Waals surface area contributed by atoms with Gasteiger partial charge in [0.2, 0.25) is 0 Å². The number of fused-ring (bicyclic) bond motifs is 5. The molecule has 0 saturated carbocycles. The molecule has 0 aromatic heterocycles. The van der Waals surface area contributed by atoms with Crippen LogP contribution in [0.25, 0.3) is 0 Å². The summed E-state index contributed by atoms with van der Waals surface area (Å²) >= 11 is 0. The molecule has 2 atom stereocenters. The van der Waals surface area contributed by atoms with Crippen molar-refractivity contribution in [1.82, 2.24) is 4.90 Å². The molecular weight excluding hydrogens is 214 g/mol. The quantitative estimate of drug-likeness (QED) is 0.810. The molecule has 0 amide bonds. The third-order valence-corrected chi connectivity index (χ3v) is 3.90. The van der Waals surface area contributed by atoms with E-state index in [-0.39, 0.29) is 5.57 Å². The summed E-state index contributed by atoms with van der Waals surface area (Å²) < 4.78 is 0. The average Bonchev–Trinajstić information content (AvgIpc) is 2.85. The van der Waals surface area contributed by atoms with E-state index in [2.05, 4.69) is 35.7 Å². The molecule has 0 aliphatic carbocycles. The van der Waals surface area contributed by atoms with Gasteiger partial charge >= 0.3 is 5.97 Å². The number of aliphatic carboxylic acids is 1. The predicted octanol–water partition coefficient (Wildman–Crippen LogP) is 2.52. The molecule has 2 heterocycles. The standard InChI is InChI=1S/C14H15NO2/c1-9(14(16)17)8-15-12-6-7-13(15)11-5-3-2-4-10(11)12/h2-5,12-13H,1,6-8H2,(H,16,17). The van der Waals surface area contributed by atoms with Gasteiger partial charge in [-0.25, -0.2) is 4.79 Å². The van der Waals surface area contributed by atoms with Crippen LogP contribution in [0.2, 0.25) is 0 Å². The summed E-state index contributed by atoms with van der Waals surface area (Å²) in [5, 5.41) is 8.93. The molecule has 1 aromatic rings. The third-order valence-electron chi connectivity index (χ3n) is 3.90. The minimum atomic E-state index is -0.889. The van der Waals surface area contributed by atoms with Gasteiger partial charge in [-0.15, -0.1) is 0 Å². The minimum Gasteiger partial charge on any atom is -0.478 e. The van der Waals surface area contributed by atoms with E-state index >= 15 is 0 Å². The lowest BCUT2D eigenvalue weighted by Gasteiger charge is -2.21. The van der Waals surface area contributed by atoms with E-state index in [0.717, 1.165) is 12.8 Å². The number of carboxylic acids is 1. The van der Waals surface area contributed by atoms with Crippen molar-refractivity contribution in [2.45, 2.75) is 24.9 Å². The lowest BCUT2D eigenvalue weighted by Crippen LogP contribution is -2.24. The van der Waals surface area contributed by atoms with Gasteiger partial charge in [0.15, 0.2) is 0 Å². The topological polar surface area (TPSA) is 40.5 Å². The molecule has 3 rings (SSSR count). The molecule has 2 unspecified atom stereocenters. The van der Waals surface area contributed by atoms with Gasteiger partial charge < -0.3 is 5.11 Å². The molecule has 2 aliphatic heterocycles. The molecule has 1 saturated heterocycles. The van der Waals surface area contributed by atoms with Crippen LogP contribution in [0.4, 0.5) is 0 Å². The fourth-order valence-corrected chi connectivity index (χ4v) is 3.16. The van der Waals surface area contributed by atoms with Crippen LogP contribution >= 0.6 is 0 Å². The molecule has 0 radical (unpaired) electrons. The highest BCUT2D eigenvalue weighted by Gasteiger charge is 2.43. The van der Waals surface area contributed by atoms with Gasteiger partial charge in [0.25, 0.3) is 0 Å². The molecule has 1 fully saturated rings. The third kappa shape index (κ3) is 1.50. The van der Waals surface area contributed by atoms with Gasteiger partial charge in [-0.3, -0.25) is 4.90 Å². The highest BCUT2D eigenvalue weighted by molar-refractivity contribution is 5.86. The van der Waals surface area contributed by atoms with Gasteiger partial charge in [-0.2, -0.15) is 0 Å². The molecule has 2 aliphatic rings. The van der Waals surface area contributed by atoms with Crippen LogP contribution in [0, 0.1) is 0 Å². The summed E-state index contributed by atoms with van der Waals surface area (Å²) in [6.45, 7) is 4.11.